The molecular weight excluding hydrogens is 416 g/mol. The molecule has 1 saturated heterocycles. The molecule has 1 heterocycles. The third-order valence-corrected chi connectivity index (χ3v) is 12.1. The maximum Gasteiger partial charge on any atom is 0.261 e. The van der Waals surface area contributed by atoms with Gasteiger partial charge in [-0.2, -0.15) is 0 Å². The molecule has 162 valence electrons. The van der Waals surface area contributed by atoms with Crippen LogP contribution in [-0.2, 0) is 9.16 Å². The summed E-state index contributed by atoms with van der Waals surface area (Å²) in [4.78, 5) is 1.26. The van der Waals surface area contributed by atoms with Crippen molar-refractivity contribution in [1.29, 1.82) is 0 Å². The van der Waals surface area contributed by atoms with Crippen LogP contribution in [0.25, 0.3) is 0 Å². The van der Waals surface area contributed by atoms with Crippen molar-refractivity contribution in [3.63, 3.8) is 0 Å². The Morgan fingerprint density at radius 2 is 1.32 bits per heavy atom. The SMILES string of the molecule is CC(C)(C)[Si](OC[C@@H]1CCC(Sc2ccccc2)O1)(c1ccccc1)c1ccccc1. The van der Waals surface area contributed by atoms with Gasteiger partial charge in [-0.3, -0.25) is 0 Å². The maximum absolute atomic E-state index is 7.05. The Bertz CT molecular complexity index is 902. The smallest absolute Gasteiger partial charge is 0.261 e. The first-order chi connectivity index (χ1) is 15.0. The summed E-state index contributed by atoms with van der Waals surface area (Å²) in [7, 11) is -2.50. The second kappa shape index (κ2) is 9.74. The van der Waals surface area contributed by atoms with E-state index in [1.165, 1.54) is 15.3 Å². The lowest BCUT2D eigenvalue weighted by Crippen LogP contribution is -2.67. The molecule has 0 spiro atoms. The molecule has 0 saturated carbocycles. The topological polar surface area (TPSA) is 18.5 Å². The molecule has 0 radical (unpaired) electrons. The van der Waals surface area contributed by atoms with Gasteiger partial charge in [0.1, 0.15) is 5.44 Å². The van der Waals surface area contributed by atoms with Crippen molar-refractivity contribution >= 4 is 30.5 Å². The molecule has 1 aliphatic rings. The second-order valence-corrected chi connectivity index (χ2v) is 14.7. The Hall–Kier alpha value is -1.85. The summed E-state index contributed by atoms with van der Waals surface area (Å²) >= 11 is 1.82. The van der Waals surface area contributed by atoms with Crippen LogP contribution in [0.5, 0.6) is 0 Å². The third-order valence-electron chi connectivity index (χ3n) is 5.98. The molecule has 1 fully saturated rings. The van der Waals surface area contributed by atoms with E-state index in [9.17, 15) is 0 Å². The molecule has 0 amide bonds. The van der Waals surface area contributed by atoms with Gasteiger partial charge in [0.05, 0.1) is 12.7 Å². The van der Waals surface area contributed by atoms with E-state index in [-0.39, 0.29) is 16.6 Å². The average Bonchev–Trinajstić information content (AvgIpc) is 3.23. The fourth-order valence-electron chi connectivity index (χ4n) is 4.51. The summed E-state index contributed by atoms with van der Waals surface area (Å²) in [5.74, 6) is 0. The predicted molar refractivity (Wildman–Crippen MR) is 134 cm³/mol. The highest BCUT2D eigenvalue weighted by Crippen LogP contribution is 2.38. The zero-order valence-corrected chi connectivity index (χ0v) is 20.5. The molecule has 1 unspecified atom stereocenters. The minimum absolute atomic E-state index is 0.00744. The maximum atomic E-state index is 7.05. The van der Waals surface area contributed by atoms with Gasteiger partial charge in [-0.1, -0.05) is 111 Å². The Morgan fingerprint density at radius 3 is 1.84 bits per heavy atom. The van der Waals surface area contributed by atoms with Gasteiger partial charge < -0.3 is 9.16 Å². The van der Waals surface area contributed by atoms with Crippen LogP contribution in [0, 0.1) is 0 Å². The fraction of sp³-hybridized carbons (Fsp3) is 0.333. The highest BCUT2D eigenvalue weighted by Gasteiger charge is 2.50. The molecular formula is C27H32O2SSi. The molecule has 1 aliphatic heterocycles. The zero-order valence-electron chi connectivity index (χ0n) is 18.7. The lowest BCUT2D eigenvalue weighted by atomic mass is 10.2. The van der Waals surface area contributed by atoms with Crippen LogP contribution in [-0.4, -0.2) is 26.5 Å². The van der Waals surface area contributed by atoms with Crippen molar-refractivity contribution in [3.05, 3.63) is 91.0 Å². The molecule has 0 aromatic heterocycles. The first-order valence-electron chi connectivity index (χ1n) is 11.1. The van der Waals surface area contributed by atoms with Crippen molar-refractivity contribution in [3.8, 4) is 0 Å². The molecule has 2 atom stereocenters. The summed E-state index contributed by atoms with van der Waals surface area (Å²) in [6.45, 7) is 7.60. The third kappa shape index (κ3) is 4.98. The van der Waals surface area contributed by atoms with Gasteiger partial charge in [-0.15, -0.1) is 0 Å². The summed E-state index contributed by atoms with van der Waals surface area (Å²) < 4.78 is 13.5. The molecule has 2 nitrogen and oxygen atoms in total. The first-order valence-corrected chi connectivity index (χ1v) is 13.9. The normalized spacial score (nSPS) is 19.5. The van der Waals surface area contributed by atoms with E-state index in [0.717, 1.165) is 12.8 Å². The number of benzene rings is 3. The van der Waals surface area contributed by atoms with E-state index in [4.69, 9.17) is 9.16 Å². The van der Waals surface area contributed by atoms with Crippen molar-refractivity contribution in [2.45, 2.75) is 55.1 Å². The predicted octanol–water partition coefficient (Wildman–Crippen LogP) is 5.86. The van der Waals surface area contributed by atoms with Crippen LogP contribution in [0.1, 0.15) is 33.6 Å². The summed E-state index contributed by atoms with van der Waals surface area (Å²) in [6, 6.07) is 32.2. The molecule has 4 heteroatoms. The summed E-state index contributed by atoms with van der Waals surface area (Å²) in [6.07, 6.45) is 2.25. The second-order valence-electron chi connectivity index (χ2n) is 9.17. The number of ether oxygens (including phenoxy) is 1. The van der Waals surface area contributed by atoms with Gasteiger partial charge >= 0.3 is 0 Å². The quantitative estimate of drug-likeness (QED) is 0.422. The Balaban J connectivity index is 1.55. The van der Waals surface area contributed by atoms with E-state index in [1.54, 1.807) is 0 Å². The Morgan fingerprint density at radius 1 is 0.806 bits per heavy atom. The number of thioether (sulfide) groups is 1. The van der Waals surface area contributed by atoms with E-state index < -0.39 is 8.32 Å². The number of rotatable bonds is 7. The minimum Gasteiger partial charge on any atom is -0.405 e. The average molecular weight is 449 g/mol. The van der Waals surface area contributed by atoms with Crippen LogP contribution in [0.15, 0.2) is 95.9 Å². The monoisotopic (exact) mass is 448 g/mol. The Kier molecular flexibility index (Phi) is 7.02. The highest BCUT2D eigenvalue weighted by atomic mass is 32.2. The van der Waals surface area contributed by atoms with E-state index in [0.29, 0.717) is 6.61 Å². The van der Waals surface area contributed by atoms with Crippen molar-refractivity contribution in [2.75, 3.05) is 6.61 Å². The van der Waals surface area contributed by atoms with Gasteiger partial charge in [0, 0.05) is 4.90 Å². The molecule has 3 aromatic rings. The molecule has 0 bridgehead atoms. The number of hydrogen-bond acceptors (Lipinski definition) is 3. The highest BCUT2D eigenvalue weighted by molar-refractivity contribution is 7.99. The Labute approximate surface area is 192 Å². The summed E-state index contributed by atoms with van der Waals surface area (Å²) in [5.41, 5.74) is 0.204. The molecule has 31 heavy (non-hydrogen) atoms. The lowest BCUT2D eigenvalue weighted by molar-refractivity contribution is 0.0512. The zero-order chi connectivity index (χ0) is 21.7. The van der Waals surface area contributed by atoms with E-state index >= 15 is 0 Å². The van der Waals surface area contributed by atoms with Gasteiger partial charge in [0.25, 0.3) is 8.32 Å². The van der Waals surface area contributed by atoms with Crippen molar-refractivity contribution in [1.82, 2.24) is 0 Å². The molecule has 0 N–H and O–H groups in total. The largest absolute Gasteiger partial charge is 0.405 e. The van der Waals surface area contributed by atoms with Gasteiger partial charge in [0.15, 0.2) is 0 Å². The summed E-state index contributed by atoms with van der Waals surface area (Å²) in [5, 5.41) is 2.63. The first kappa shape index (κ1) is 22.3. The van der Waals surface area contributed by atoms with Crippen LogP contribution in [0.4, 0.5) is 0 Å². The van der Waals surface area contributed by atoms with Gasteiger partial charge in [-0.05, 0) is 40.4 Å². The number of hydrogen-bond donors (Lipinski definition) is 0. The van der Waals surface area contributed by atoms with Crippen LogP contribution in [0.2, 0.25) is 5.04 Å². The van der Waals surface area contributed by atoms with E-state index in [2.05, 4.69) is 112 Å². The minimum atomic E-state index is -2.50. The molecule has 3 aromatic carbocycles. The molecule has 4 rings (SSSR count). The van der Waals surface area contributed by atoms with Crippen LogP contribution < -0.4 is 10.4 Å². The standard InChI is InChI=1S/C27H32O2SSi/c1-27(2,3)31(24-15-9-5-10-16-24,25-17-11-6-12-18-25)28-21-22-19-20-26(29-22)30-23-13-7-4-8-14-23/h4-18,22,26H,19-21H2,1-3H3/t22-,26?/m0/s1. The lowest BCUT2D eigenvalue weighted by Gasteiger charge is -2.43. The van der Waals surface area contributed by atoms with Crippen LogP contribution >= 0.6 is 11.8 Å². The van der Waals surface area contributed by atoms with Gasteiger partial charge in [0.2, 0.25) is 0 Å². The molecule has 0 aliphatic carbocycles. The van der Waals surface area contributed by atoms with Crippen molar-refractivity contribution in [2.24, 2.45) is 0 Å². The van der Waals surface area contributed by atoms with Crippen molar-refractivity contribution < 1.29 is 9.16 Å². The van der Waals surface area contributed by atoms with Crippen LogP contribution in [0.3, 0.4) is 0 Å². The van der Waals surface area contributed by atoms with Gasteiger partial charge in [-0.25, -0.2) is 0 Å². The fourth-order valence-corrected chi connectivity index (χ4v) is 10.2. The van der Waals surface area contributed by atoms with E-state index in [1.807, 2.05) is 11.8 Å².